The van der Waals surface area contributed by atoms with Crippen LogP contribution in [0.4, 0.5) is 10.5 Å². The molecule has 0 saturated carbocycles. The van der Waals surface area contributed by atoms with Crippen molar-refractivity contribution in [3.05, 3.63) is 52.5 Å². The van der Waals surface area contributed by atoms with Crippen LogP contribution in [0.25, 0.3) is 0 Å². The summed E-state index contributed by atoms with van der Waals surface area (Å²) in [6, 6.07) is 14.1. The molecule has 2 saturated heterocycles. The zero-order valence-electron chi connectivity index (χ0n) is 19.5. The van der Waals surface area contributed by atoms with E-state index in [1.807, 2.05) is 42.2 Å². The molecule has 1 amide bonds. The molecule has 2 aromatic rings. The average Bonchev–Trinajstić information content (AvgIpc) is 3.21. The maximum absolute atomic E-state index is 12.5. The van der Waals surface area contributed by atoms with Crippen LogP contribution in [0.2, 0.25) is 0 Å². The molecule has 5 nitrogen and oxygen atoms in total. The summed E-state index contributed by atoms with van der Waals surface area (Å²) < 4.78 is 12.1. The molecular formula is C26H33BrN2O3S. The van der Waals surface area contributed by atoms with E-state index < -0.39 is 0 Å². The Morgan fingerprint density at radius 2 is 1.82 bits per heavy atom. The number of anilines is 1. The topological polar surface area (TPSA) is 42.0 Å². The van der Waals surface area contributed by atoms with Gasteiger partial charge < -0.3 is 19.3 Å². The summed E-state index contributed by atoms with van der Waals surface area (Å²) in [7, 11) is 1.66. The van der Waals surface area contributed by atoms with Gasteiger partial charge in [-0.15, -0.1) is 0 Å². The van der Waals surface area contributed by atoms with Crippen LogP contribution in [-0.2, 0) is 6.42 Å². The standard InChI is InChI=1S/C26H33BrN2O3S/c1-3-32-23-8-9-25(27)20(17-23)16-19-10-13-28(14-11-19)15-12-24-18-29(26(30)33-24)21-4-6-22(31-2)7-5-21/h4-9,17,19,24H,3,10-16,18H2,1-2H3. The second kappa shape index (κ2) is 11.6. The monoisotopic (exact) mass is 532 g/mol. The molecule has 0 aromatic heterocycles. The molecule has 4 rings (SSSR count). The summed E-state index contributed by atoms with van der Waals surface area (Å²) in [5.41, 5.74) is 2.30. The van der Waals surface area contributed by atoms with Crippen LogP contribution in [0, 0.1) is 5.92 Å². The average molecular weight is 534 g/mol. The number of hydrogen-bond donors (Lipinski definition) is 0. The molecule has 0 bridgehead atoms. The number of ether oxygens (including phenoxy) is 2. The molecule has 2 aliphatic rings. The fourth-order valence-electron chi connectivity index (χ4n) is 4.66. The fourth-order valence-corrected chi connectivity index (χ4v) is 6.11. The maximum atomic E-state index is 12.5. The van der Waals surface area contributed by atoms with Crippen molar-refractivity contribution in [1.29, 1.82) is 0 Å². The van der Waals surface area contributed by atoms with Crippen LogP contribution in [0.15, 0.2) is 46.9 Å². The molecule has 2 heterocycles. The lowest BCUT2D eigenvalue weighted by Gasteiger charge is -2.32. The van der Waals surface area contributed by atoms with E-state index in [-0.39, 0.29) is 5.24 Å². The fraction of sp³-hybridized carbons (Fsp3) is 0.500. The molecule has 0 radical (unpaired) electrons. The normalized spacial score (nSPS) is 19.8. The lowest BCUT2D eigenvalue weighted by atomic mass is 9.90. The minimum atomic E-state index is 0.156. The summed E-state index contributed by atoms with van der Waals surface area (Å²) in [6.07, 6.45) is 4.59. The number of likely N-dealkylation sites (tertiary alicyclic amines) is 1. The number of methoxy groups -OCH3 is 1. The number of piperidine rings is 1. The Hall–Kier alpha value is -1.70. The second-order valence-electron chi connectivity index (χ2n) is 8.78. The molecule has 0 N–H and O–H groups in total. The van der Waals surface area contributed by atoms with E-state index in [9.17, 15) is 4.79 Å². The van der Waals surface area contributed by atoms with Crippen molar-refractivity contribution in [3.8, 4) is 11.5 Å². The highest BCUT2D eigenvalue weighted by molar-refractivity contribution is 9.10. The number of nitrogens with zero attached hydrogens (tertiary/aromatic N) is 2. The van der Waals surface area contributed by atoms with Crippen LogP contribution >= 0.6 is 27.7 Å². The Labute approximate surface area is 209 Å². The zero-order chi connectivity index (χ0) is 23.2. The van der Waals surface area contributed by atoms with Crippen molar-refractivity contribution in [3.63, 3.8) is 0 Å². The number of carbonyl (C=O) groups is 1. The molecule has 33 heavy (non-hydrogen) atoms. The Balaban J connectivity index is 1.21. The quantitative estimate of drug-likeness (QED) is 0.382. The van der Waals surface area contributed by atoms with Crippen molar-refractivity contribution in [2.45, 2.75) is 37.9 Å². The first kappa shape index (κ1) is 24.4. The van der Waals surface area contributed by atoms with Crippen molar-refractivity contribution < 1.29 is 14.3 Å². The van der Waals surface area contributed by atoms with Gasteiger partial charge in [-0.1, -0.05) is 27.7 Å². The Morgan fingerprint density at radius 1 is 1.09 bits per heavy atom. The van der Waals surface area contributed by atoms with Gasteiger partial charge in [0.05, 0.1) is 13.7 Å². The second-order valence-corrected chi connectivity index (χ2v) is 10.9. The smallest absolute Gasteiger partial charge is 0.286 e. The first-order valence-electron chi connectivity index (χ1n) is 11.8. The molecule has 178 valence electrons. The predicted molar refractivity (Wildman–Crippen MR) is 140 cm³/mol. The SMILES string of the molecule is CCOc1ccc(Br)c(CC2CCN(CCC3CN(c4ccc(OC)cc4)C(=O)S3)CC2)c1. The van der Waals surface area contributed by atoms with E-state index in [0.717, 1.165) is 56.2 Å². The van der Waals surface area contributed by atoms with Crippen LogP contribution in [0.5, 0.6) is 11.5 Å². The van der Waals surface area contributed by atoms with Crippen LogP contribution in [-0.4, -0.2) is 55.3 Å². The minimum absolute atomic E-state index is 0.156. The predicted octanol–water partition coefficient (Wildman–Crippen LogP) is 6.24. The molecule has 2 fully saturated rings. The third-order valence-electron chi connectivity index (χ3n) is 6.57. The zero-order valence-corrected chi connectivity index (χ0v) is 21.9. The number of thioether (sulfide) groups is 1. The van der Waals surface area contributed by atoms with Gasteiger partial charge in [0.25, 0.3) is 5.24 Å². The van der Waals surface area contributed by atoms with Gasteiger partial charge in [-0.3, -0.25) is 4.79 Å². The van der Waals surface area contributed by atoms with E-state index in [1.165, 1.54) is 34.6 Å². The number of hydrogen-bond acceptors (Lipinski definition) is 5. The molecule has 1 atom stereocenters. The van der Waals surface area contributed by atoms with E-state index >= 15 is 0 Å². The van der Waals surface area contributed by atoms with Crippen molar-refractivity contribution in [1.82, 2.24) is 4.90 Å². The number of amides is 1. The van der Waals surface area contributed by atoms with Gasteiger partial charge >= 0.3 is 0 Å². The summed E-state index contributed by atoms with van der Waals surface area (Å²) in [6.45, 7) is 6.85. The van der Waals surface area contributed by atoms with Gasteiger partial charge in [0, 0.05) is 22.0 Å². The lowest BCUT2D eigenvalue weighted by molar-refractivity contribution is 0.182. The van der Waals surface area contributed by atoms with Crippen molar-refractivity contribution in [2.24, 2.45) is 5.92 Å². The molecular weight excluding hydrogens is 500 g/mol. The number of benzene rings is 2. The largest absolute Gasteiger partial charge is 0.497 e. The first-order valence-corrected chi connectivity index (χ1v) is 13.5. The van der Waals surface area contributed by atoms with E-state index in [0.29, 0.717) is 17.8 Å². The van der Waals surface area contributed by atoms with Gasteiger partial charge in [0.15, 0.2) is 0 Å². The van der Waals surface area contributed by atoms with Crippen LogP contribution in [0.1, 0.15) is 31.7 Å². The Morgan fingerprint density at radius 3 is 2.52 bits per heavy atom. The number of carbonyl (C=O) groups excluding carboxylic acids is 1. The maximum Gasteiger partial charge on any atom is 0.286 e. The highest BCUT2D eigenvalue weighted by Crippen LogP contribution is 2.34. The number of rotatable bonds is 9. The third kappa shape index (κ3) is 6.46. The van der Waals surface area contributed by atoms with Crippen LogP contribution < -0.4 is 14.4 Å². The molecule has 2 aromatic carbocycles. The summed E-state index contributed by atoms with van der Waals surface area (Å²) in [4.78, 5) is 17.0. The van der Waals surface area contributed by atoms with Gasteiger partial charge in [0.2, 0.25) is 0 Å². The third-order valence-corrected chi connectivity index (χ3v) is 8.48. The van der Waals surface area contributed by atoms with Gasteiger partial charge in [-0.2, -0.15) is 0 Å². The molecule has 1 unspecified atom stereocenters. The summed E-state index contributed by atoms with van der Waals surface area (Å²) in [5.74, 6) is 2.48. The molecule has 0 spiro atoms. The van der Waals surface area contributed by atoms with Gasteiger partial charge in [0.1, 0.15) is 11.5 Å². The minimum Gasteiger partial charge on any atom is -0.497 e. The lowest BCUT2D eigenvalue weighted by Crippen LogP contribution is -2.36. The van der Waals surface area contributed by atoms with Crippen LogP contribution in [0.3, 0.4) is 0 Å². The summed E-state index contributed by atoms with van der Waals surface area (Å²) in [5, 5.41) is 0.512. The van der Waals surface area contributed by atoms with E-state index in [4.69, 9.17) is 9.47 Å². The molecule has 0 aliphatic carbocycles. The highest BCUT2D eigenvalue weighted by Gasteiger charge is 2.32. The Kier molecular flexibility index (Phi) is 8.61. The van der Waals surface area contributed by atoms with Gasteiger partial charge in [-0.05, 0) is 106 Å². The van der Waals surface area contributed by atoms with Crippen molar-refractivity contribution in [2.75, 3.05) is 44.8 Å². The van der Waals surface area contributed by atoms with E-state index in [2.05, 4.69) is 33.0 Å². The highest BCUT2D eigenvalue weighted by atomic mass is 79.9. The molecule has 2 aliphatic heterocycles. The Bertz CT molecular complexity index is 932. The number of halogens is 1. The van der Waals surface area contributed by atoms with E-state index in [1.54, 1.807) is 7.11 Å². The van der Waals surface area contributed by atoms with Gasteiger partial charge in [-0.25, -0.2) is 0 Å². The van der Waals surface area contributed by atoms with Crippen molar-refractivity contribution >= 4 is 38.6 Å². The summed E-state index contributed by atoms with van der Waals surface area (Å²) >= 11 is 5.20. The first-order chi connectivity index (χ1) is 16.1. The molecule has 7 heteroatoms.